The van der Waals surface area contributed by atoms with Gasteiger partial charge >= 0.3 is 119 Å². The molecule has 3 aromatic carbocycles. The number of halogens is 2. The molecule has 3 rings (SSSR count). The van der Waals surface area contributed by atoms with Crippen LogP contribution in [-0.4, -0.2) is 0 Å². The Morgan fingerprint density at radius 2 is 0.619 bits per heavy atom. The number of hydrogen-bond acceptors (Lipinski definition) is 0. The average molecular weight is 405 g/mol. The third-order valence-electron chi connectivity index (χ3n) is 2.79. The average Bonchev–Trinajstić information content (AvgIpc) is 2.51. The second-order valence-corrected chi connectivity index (χ2v) is 8.42. The Labute approximate surface area is 143 Å². The molecule has 3 aromatic rings. The molecule has 0 fully saturated rings. The van der Waals surface area contributed by atoms with Gasteiger partial charge in [0, 0.05) is 0 Å². The second kappa shape index (κ2) is 9.00. The SMILES string of the molecule is Cl.Cl.c1cc[c]([Ru]([c]2ccccc2)[c]2ccccc2)cc1. The molecular formula is C18H17Cl2Ru. The van der Waals surface area contributed by atoms with Crippen molar-refractivity contribution in [1.29, 1.82) is 0 Å². The van der Waals surface area contributed by atoms with Gasteiger partial charge in [-0.25, -0.2) is 0 Å². The predicted octanol–water partition coefficient (Wildman–Crippen LogP) is 3.42. The van der Waals surface area contributed by atoms with Gasteiger partial charge in [-0.05, 0) is 0 Å². The molecule has 0 saturated heterocycles. The Bertz CT molecular complexity index is 533. The van der Waals surface area contributed by atoms with Crippen LogP contribution in [0.3, 0.4) is 0 Å². The van der Waals surface area contributed by atoms with Crippen LogP contribution in [0.2, 0.25) is 0 Å². The van der Waals surface area contributed by atoms with E-state index in [1.54, 1.807) is 0 Å². The Morgan fingerprint density at radius 1 is 0.381 bits per heavy atom. The Balaban J connectivity index is 0.00000110. The molecule has 0 aliphatic heterocycles. The monoisotopic (exact) mass is 405 g/mol. The summed E-state index contributed by atoms with van der Waals surface area (Å²) >= 11 is -1.36. The first-order chi connectivity index (χ1) is 9.45. The van der Waals surface area contributed by atoms with E-state index < -0.39 is 16.0 Å². The minimum atomic E-state index is -1.36. The van der Waals surface area contributed by atoms with E-state index in [2.05, 4.69) is 91.0 Å². The standard InChI is InChI=1S/3C6H5.2ClH.Ru/c3*1-2-4-6-5-3-1;;;/h3*1-5H;2*1H;. The molecule has 0 aliphatic rings. The first-order valence-corrected chi connectivity index (χ1v) is 8.87. The minimum absolute atomic E-state index is 0. The molecule has 0 unspecified atom stereocenters. The van der Waals surface area contributed by atoms with Crippen molar-refractivity contribution >= 4 is 37.3 Å². The molecule has 0 atom stereocenters. The summed E-state index contributed by atoms with van der Waals surface area (Å²) in [6, 6.07) is 32.7. The van der Waals surface area contributed by atoms with Crippen LogP contribution in [0.5, 0.6) is 0 Å². The Kier molecular flexibility index (Phi) is 7.68. The van der Waals surface area contributed by atoms with Gasteiger partial charge in [-0.2, -0.15) is 0 Å². The van der Waals surface area contributed by atoms with Crippen LogP contribution in [0, 0.1) is 0 Å². The fraction of sp³-hybridized carbons (Fsp3) is 0. The molecule has 3 heteroatoms. The van der Waals surface area contributed by atoms with E-state index in [9.17, 15) is 0 Å². The topological polar surface area (TPSA) is 0 Å². The van der Waals surface area contributed by atoms with Crippen LogP contribution in [0.15, 0.2) is 91.0 Å². The van der Waals surface area contributed by atoms with Gasteiger partial charge in [0.25, 0.3) is 0 Å². The van der Waals surface area contributed by atoms with Crippen LogP contribution < -0.4 is 12.5 Å². The van der Waals surface area contributed by atoms with Gasteiger partial charge < -0.3 is 0 Å². The number of benzene rings is 3. The van der Waals surface area contributed by atoms with Gasteiger partial charge in [0.05, 0.1) is 0 Å². The normalized spacial score (nSPS) is 10.0. The molecule has 0 aliphatic carbocycles. The molecule has 21 heavy (non-hydrogen) atoms. The summed E-state index contributed by atoms with van der Waals surface area (Å²) in [6.45, 7) is 0. The molecule has 0 radical (unpaired) electrons. The van der Waals surface area contributed by atoms with Crippen molar-refractivity contribution in [2.75, 3.05) is 0 Å². The van der Waals surface area contributed by atoms with E-state index >= 15 is 0 Å². The van der Waals surface area contributed by atoms with Crippen LogP contribution >= 0.6 is 24.8 Å². The molecule has 111 valence electrons. The van der Waals surface area contributed by atoms with E-state index in [4.69, 9.17) is 0 Å². The summed E-state index contributed by atoms with van der Waals surface area (Å²) in [7, 11) is 0. The van der Waals surface area contributed by atoms with Crippen LogP contribution in [0.1, 0.15) is 0 Å². The first kappa shape index (κ1) is 17.9. The summed E-state index contributed by atoms with van der Waals surface area (Å²) < 4.78 is 4.43. The fourth-order valence-electron chi connectivity index (χ4n) is 1.94. The molecule has 0 amide bonds. The molecular weight excluding hydrogens is 388 g/mol. The molecule has 0 heterocycles. The van der Waals surface area contributed by atoms with E-state index in [1.165, 1.54) is 12.5 Å². The third-order valence-corrected chi connectivity index (χ3v) is 7.54. The molecule has 0 nitrogen and oxygen atoms in total. The van der Waals surface area contributed by atoms with Crippen LogP contribution in [-0.2, 0) is 16.0 Å². The van der Waals surface area contributed by atoms with Gasteiger partial charge in [-0.3, -0.25) is 0 Å². The van der Waals surface area contributed by atoms with Gasteiger partial charge in [-0.1, -0.05) is 0 Å². The van der Waals surface area contributed by atoms with Crippen LogP contribution in [0.25, 0.3) is 0 Å². The summed E-state index contributed by atoms with van der Waals surface area (Å²) in [4.78, 5) is 0. The van der Waals surface area contributed by atoms with Gasteiger partial charge in [-0.15, -0.1) is 24.8 Å². The molecule has 0 N–H and O–H groups in total. The number of hydrogen-bond donors (Lipinski definition) is 0. The van der Waals surface area contributed by atoms with Crippen LogP contribution in [0.4, 0.5) is 0 Å². The van der Waals surface area contributed by atoms with Crippen molar-refractivity contribution in [3.05, 3.63) is 91.0 Å². The van der Waals surface area contributed by atoms with Gasteiger partial charge in [0.15, 0.2) is 0 Å². The molecule has 0 spiro atoms. The van der Waals surface area contributed by atoms with Crippen molar-refractivity contribution < 1.29 is 16.0 Å². The summed E-state index contributed by atoms with van der Waals surface area (Å²) in [5.74, 6) is 0. The molecule has 0 aromatic heterocycles. The zero-order valence-electron chi connectivity index (χ0n) is 11.3. The van der Waals surface area contributed by atoms with Crippen molar-refractivity contribution in [3.8, 4) is 0 Å². The van der Waals surface area contributed by atoms with Crippen molar-refractivity contribution in [1.82, 2.24) is 0 Å². The zero-order chi connectivity index (χ0) is 12.9. The van der Waals surface area contributed by atoms with Gasteiger partial charge in [0.1, 0.15) is 0 Å². The van der Waals surface area contributed by atoms with E-state index in [0.29, 0.717) is 0 Å². The van der Waals surface area contributed by atoms with Gasteiger partial charge in [0.2, 0.25) is 0 Å². The van der Waals surface area contributed by atoms with Crippen molar-refractivity contribution in [2.45, 2.75) is 0 Å². The zero-order valence-corrected chi connectivity index (χ0v) is 14.7. The quantitative estimate of drug-likeness (QED) is 0.586. The third kappa shape index (κ3) is 4.41. The first-order valence-electron chi connectivity index (χ1n) is 6.26. The van der Waals surface area contributed by atoms with Crippen molar-refractivity contribution in [3.63, 3.8) is 0 Å². The number of rotatable bonds is 3. The second-order valence-electron chi connectivity index (χ2n) is 4.11. The van der Waals surface area contributed by atoms with Crippen molar-refractivity contribution in [2.24, 2.45) is 0 Å². The Hall–Kier alpha value is -1.14. The Morgan fingerprint density at radius 3 is 0.857 bits per heavy atom. The predicted molar refractivity (Wildman–Crippen MR) is 92.7 cm³/mol. The van der Waals surface area contributed by atoms with E-state index in [1.807, 2.05) is 0 Å². The molecule has 0 bridgehead atoms. The molecule has 0 saturated carbocycles. The van der Waals surface area contributed by atoms with E-state index in [-0.39, 0.29) is 24.8 Å². The fourth-order valence-corrected chi connectivity index (χ4v) is 6.42. The summed E-state index contributed by atoms with van der Waals surface area (Å²) in [5, 5.41) is 0. The van der Waals surface area contributed by atoms with E-state index in [0.717, 1.165) is 0 Å². The maximum absolute atomic E-state index is 2.26. The summed E-state index contributed by atoms with van der Waals surface area (Å²) in [5.41, 5.74) is 0. The maximum atomic E-state index is 2.26. The summed E-state index contributed by atoms with van der Waals surface area (Å²) in [6.07, 6.45) is 0.